The maximum Gasteiger partial charge on any atom is 0.217 e. The summed E-state index contributed by atoms with van der Waals surface area (Å²) in [6.45, 7) is 0.595. The molecule has 1 saturated heterocycles. The van der Waals surface area contributed by atoms with Crippen molar-refractivity contribution in [2.24, 2.45) is 0 Å². The average Bonchev–Trinajstić information content (AvgIpc) is 2.74. The van der Waals surface area contributed by atoms with Crippen molar-refractivity contribution in [1.82, 2.24) is 10.3 Å². The number of rotatable bonds is 5. The number of benzene rings is 2. The standard InChI is InChI=1S/C23H25ClN2O3.CH4/c1-29-22-19(12-16-4-2-3-5-20(16)26-22)21(15-6-8-17(24)9-7-15)23(28)10-11-25-18(13-23)14-27;/h2-9,12,18,21,25,27-28H,10-11,13-14H2,1H3;1H4. The Labute approximate surface area is 182 Å². The molecule has 3 N–H and O–H groups in total. The molecule has 5 nitrogen and oxygen atoms in total. The van der Waals surface area contributed by atoms with Crippen LogP contribution in [0.15, 0.2) is 54.6 Å². The van der Waals surface area contributed by atoms with Gasteiger partial charge in [-0.15, -0.1) is 0 Å². The highest BCUT2D eigenvalue weighted by Gasteiger charge is 2.44. The van der Waals surface area contributed by atoms with Crippen LogP contribution in [0, 0.1) is 0 Å². The number of pyridine rings is 1. The normalized spacial score (nSPS) is 22.3. The number of fused-ring (bicyclic) bond motifs is 1. The van der Waals surface area contributed by atoms with Crippen LogP contribution in [0.25, 0.3) is 10.9 Å². The van der Waals surface area contributed by atoms with Gasteiger partial charge in [0, 0.05) is 27.9 Å². The number of aromatic nitrogens is 1. The summed E-state index contributed by atoms with van der Waals surface area (Å²) in [5.74, 6) is 0.124. The molecule has 0 amide bonds. The molecule has 1 aliphatic rings. The van der Waals surface area contributed by atoms with Crippen LogP contribution in [0.2, 0.25) is 5.02 Å². The minimum Gasteiger partial charge on any atom is -0.481 e. The highest BCUT2D eigenvalue weighted by atomic mass is 35.5. The Morgan fingerprint density at radius 2 is 1.97 bits per heavy atom. The third-order valence-electron chi connectivity index (χ3n) is 5.77. The second-order valence-corrected chi connectivity index (χ2v) is 8.09. The Morgan fingerprint density at radius 1 is 1.23 bits per heavy atom. The topological polar surface area (TPSA) is 74.6 Å². The molecule has 2 aromatic carbocycles. The minimum absolute atomic E-state index is 0. The number of nitrogens with one attached hydrogen (secondary N) is 1. The number of piperidine rings is 1. The largest absolute Gasteiger partial charge is 0.481 e. The number of hydrogen-bond donors (Lipinski definition) is 3. The number of para-hydroxylation sites is 1. The van der Waals surface area contributed by atoms with Gasteiger partial charge in [-0.1, -0.05) is 49.4 Å². The van der Waals surface area contributed by atoms with E-state index in [2.05, 4.69) is 5.32 Å². The summed E-state index contributed by atoms with van der Waals surface area (Å²) < 4.78 is 5.66. The van der Waals surface area contributed by atoms with E-state index >= 15 is 0 Å². The fourth-order valence-corrected chi connectivity index (χ4v) is 4.53. The van der Waals surface area contributed by atoms with Crippen molar-refractivity contribution < 1.29 is 14.9 Å². The third-order valence-corrected chi connectivity index (χ3v) is 6.02. The maximum atomic E-state index is 11.8. The van der Waals surface area contributed by atoms with E-state index in [1.807, 2.05) is 54.6 Å². The molecular formula is C24H29ClN2O3. The average molecular weight is 429 g/mol. The van der Waals surface area contributed by atoms with Crippen LogP contribution in [0.4, 0.5) is 0 Å². The Balaban J connectivity index is 0.00000256. The summed E-state index contributed by atoms with van der Waals surface area (Å²) in [7, 11) is 1.60. The van der Waals surface area contributed by atoms with E-state index < -0.39 is 5.60 Å². The summed E-state index contributed by atoms with van der Waals surface area (Å²) in [6, 6.07) is 17.3. The summed E-state index contributed by atoms with van der Waals surface area (Å²) in [5, 5.41) is 26.4. The molecule has 1 aliphatic heterocycles. The van der Waals surface area contributed by atoms with E-state index in [0.717, 1.165) is 22.0 Å². The predicted octanol–water partition coefficient (Wildman–Crippen LogP) is 4.14. The van der Waals surface area contributed by atoms with Crippen LogP contribution >= 0.6 is 11.6 Å². The molecule has 0 bridgehead atoms. The minimum atomic E-state index is -1.07. The molecule has 30 heavy (non-hydrogen) atoms. The zero-order valence-corrected chi connectivity index (χ0v) is 17.1. The molecule has 1 aromatic heterocycles. The van der Waals surface area contributed by atoms with Gasteiger partial charge in [-0.05, 0) is 49.2 Å². The number of ether oxygens (including phenoxy) is 1. The third kappa shape index (κ3) is 4.30. The van der Waals surface area contributed by atoms with Crippen LogP contribution in [-0.4, -0.2) is 47.1 Å². The van der Waals surface area contributed by atoms with Gasteiger partial charge >= 0.3 is 0 Å². The van der Waals surface area contributed by atoms with E-state index in [9.17, 15) is 10.2 Å². The van der Waals surface area contributed by atoms with Gasteiger partial charge in [-0.3, -0.25) is 0 Å². The quantitative estimate of drug-likeness (QED) is 0.569. The summed E-state index contributed by atoms with van der Waals surface area (Å²) in [5.41, 5.74) is 1.54. The predicted molar refractivity (Wildman–Crippen MR) is 121 cm³/mol. The molecule has 1 fully saturated rings. The zero-order chi connectivity index (χ0) is 20.4. The molecule has 0 spiro atoms. The first-order chi connectivity index (χ1) is 14.0. The van der Waals surface area contributed by atoms with E-state index in [1.54, 1.807) is 7.11 Å². The Hall–Kier alpha value is -2.18. The number of aliphatic hydroxyl groups is 2. The zero-order valence-electron chi connectivity index (χ0n) is 16.3. The molecule has 3 atom stereocenters. The lowest BCUT2D eigenvalue weighted by atomic mass is 9.71. The van der Waals surface area contributed by atoms with E-state index in [0.29, 0.717) is 30.3 Å². The van der Waals surface area contributed by atoms with Crippen molar-refractivity contribution in [3.63, 3.8) is 0 Å². The van der Waals surface area contributed by atoms with Gasteiger partial charge in [0.1, 0.15) is 0 Å². The van der Waals surface area contributed by atoms with Gasteiger partial charge in [0.05, 0.1) is 24.8 Å². The first-order valence-electron chi connectivity index (χ1n) is 9.80. The molecule has 0 aliphatic carbocycles. The molecule has 4 rings (SSSR count). The van der Waals surface area contributed by atoms with Crippen molar-refractivity contribution in [2.75, 3.05) is 20.3 Å². The molecule has 160 valence electrons. The van der Waals surface area contributed by atoms with Crippen molar-refractivity contribution in [1.29, 1.82) is 0 Å². The molecule has 3 aromatic rings. The van der Waals surface area contributed by atoms with Crippen molar-refractivity contribution in [3.05, 3.63) is 70.7 Å². The summed E-state index contributed by atoms with van der Waals surface area (Å²) in [6.07, 6.45) is 0.972. The highest BCUT2D eigenvalue weighted by Crippen LogP contribution is 2.45. The van der Waals surface area contributed by atoms with Crippen LogP contribution in [0.5, 0.6) is 5.88 Å². The number of halogens is 1. The first kappa shape index (κ1) is 22.5. The lowest BCUT2D eigenvalue weighted by Crippen LogP contribution is -2.52. The highest BCUT2D eigenvalue weighted by molar-refractivity contribution is 6.30. The van der Waals surface area contributed by atoms with Gasteiger partial charge in [0.25, 0.3) is 0 Å². The molecule has 3 unspecified atom stereocenters. The summed E-state index contributed by atoms with van der Waals surface area (Å²) >= 11 is 6.12. The van der Waals surface area contributed by atoms with Crippen molar-refractivity contribution in [3.8, 4) is 5.88 Å². The second kappa shape index (κ2) is 9.31. The smallest absolute Gasteiger partial charge is 0.217 e. The van der Waals surface area contributed by atoms with Gasteiger partial charge in [0.15, 0.2) is 0 Å². The maximum absolute atomic E-state index is 11.8. The number of nitrogens with zero attached hydrogens (tertiary/aromatic N) is 1. The lowest BCUT2D eigenvalue weighted by Gasteiger charge is -2.43. The molecular weight excluding hydrogens is 400 g/mol. The number of methoxy groups -OCH3 is 1. The van der Waals surface area contributed by atoms with E-state index in [4.69, 9.17) is 21.3 Å². The van der Waals surface area contributed by atoms with E-state index in [1.165, 1.54) is 0 Å². The summed E-state index contributed by atoms with van der Waals surface area (Å²) in [4.78, 5) is 4.70. The Morgan fingerprint density at radius 3 is 2.67 bits per heavy atom. The Bertz CT molecular complexity index is 995. The van der Waals surface area contributed by atoms with Crippen molar-refractivity contribution >= 4 is 22.5 Å². The molecule has 6 heteroatoms. The SMILES string of the molecule is C.COc1nc2ccccc2cc1C(c1ccc(Cl)cc1)C1(O)CCNC(CO)C1. The van der Waals surface area contributed by atoms with Crippen molar-refractivity contribution in [2.45, 2.75) is 37.8 Å². The number of hydrogen-bond acceptors (Lipinski definition) is 5. The van der Waals surface area contributed by atoms with Gasteiger partial charge in [-0.2, -0.15) is 0 Å². The molecule has 0 radical (unpaired) electrons. The van der Waals surface area contributed by atoms with Crippen LogP contribution in [0.1, 0.15) is 37.3 Å². The fraction of sp³-hybridized carbons (Fsp3) is 0.375. The second-order valence-electron chi connectivity index (χ2n) is 7.66. The van der Waals surface area contributed by atoms with Gasteiger partial charge in [0.2, 0.25) is 5.88 Å². The van der Waals surface area contributed by atoms with Gasteiger partial charge in [-0.25, -0.2) is 4.98 Å². The fourth-order valence-electron chi connectivity index (χ4n) is 4.40. The van der Waals surface area contributed by atoms with E-state index in [-0.39, 0.29) is 26.0 Å². The Kier molecular flexibility index (Phi) is 6.98. The van der Waals surface area contributed by atoms with Crippen LogP contribution in [0.3, 0.4) is 0 Å². The van der Waals surface area contributed by atoms with Gasteiger partial charge < -0.3 is 20.3 Å². The number of aliphatic hydroxyl groups excluding tert-OH is 1. The molecule has 2 heterocycles. The molecule has 0 saturated carbocycles. The monoisotopic (exact) mass is 428 g/mol. The van der Waals surface area contributed by atoms with Crippen LogP contribution < -0.4 is 10.1 Å². The van der Waals surface area contributed by atoms with Crippen LogP contribution in [-0.2, 0) is 0 Å². The lowest BCUT2D eigenvalue weighted by molar-refractivity contribution is -0.0261. The first-order valence-corrected chi connectivity index (χ1v) is 10.2.